The molecule has 0 spiro atoms. The third kappa shape index (κ3) is 4.75. The van der Waals surface area contributed by atoms with Crippen LogP contribution in [0, 0.1) is 11.3 Å². The van der Waals surface area contributed by atoms with Crippen LogP contribution in [0.15, 0.2) is 39.9 Å². The molecule has 3 rings (SSSR count). The van der Waals surface area contributed by atoms with Gasteiger partial charge in [-0.15, -0.1) is 0 Å². The van der Waals surface area contributed by atoms with Crippen molar-refractivity contribution in [2.45, 2.75) is 38.5 Å². The van der Waals surface area contributed by atoms with Crippen LogP contribution in [0.3, 0.4) is 0 Å². The summed E-state index contributed by atoms with van der Waals surface area (Å²) in [5.74, 6) is 0.564. The van der Waals surface area contributed by atoms with E-state index in [1.165, 1.54) is 13.1 Å². The van der Waals surface area contributed by atoms with E-state index in [2.05, 4.69) is 11.4 Å². The smallest absolute Gasteiger partial charge is 0.332 e. The van der Waals surface area contributed by atoms with E-state index in [0.717, 1.165) is 29.5 Å². The van der Waals surface area contributed by atoms with Crippen molar-refractivity contribution in [3.8, 4) is 6.07 Å². The number of anilines is 1. The Bertz CT molecular complexity index is 1020. The molecule has 2 aromatic rings. The standard InChI is InChI=1S/C21H27N5O3/c1-15(27)12-23-18-8-5-9-25(14-18)19-10-20(28)24(2)21(29)26(19)13-17-7-4-3-6-16(17)11-22/h3-4,6-7,10,15,18,23,27H,5,8-9,12-14H2,1-2H3/t15?,18-/m1/s1. The average molecular weight is 397 g/mol. The Morgan fingerprint density at radius 1 is 1.34 bits per heavy atom. The summed E-state index contributed by atoms with van der Waals surface area (Å²) in [6, 6.07) is 11.0. The second-order valence-corrected chi connectivity index (χ2v) is 7.58. The van der Waals surface area contributed by atoms with Crippen LogP contribution < -0.4 is 21.5 Å². The summed E-state index contributed by atoms with van der Waals surface area (Å²) < 4.78 is 2.65. The van der Waals surface area contributed by atoms with Gasteiger partial charge in [0.25, 0.3) is 5.56 Å². The lowest BCUT2D eigenvalue weighted by Gasteiger charge is -2.36. The monoisotopic (exact) mass is 397 g/mol. The van der Waals surface area contributed by atoms with Crippen molar-refractivity contribution in [3.63, 3.8) is 0 Å². The molecule has 0 bridgehead atoms. The van der Waals surface area contributed by atoms with Gasteiger partial charge in [-0.05, 0) is 31.4 Å². The van der Waals surface area contributed by atoms with Crippen molar-refractivity contribution in [1.29, 1.82) is 5.26 Å². The summed E-state index contributed by atoms with van der Waals surface area (Å²) in [5, 5.41) is 22.3. The SMILES string of the molecule is CC(O)CN[C@@H]1CCCN(c2cc(=O)n(C)c(=O)n2Cc2ccccc2C#N)C1. The molecular weight excluding hydrogens is 370 g/mol. The summed E-state index contributed by atoms with van der Waals surface area (Å²) in [6.07, 6.45) is 1.45. The van der Waals surface area contributed by atoms with Crippen molar-refractivity contribution in [2.24, 2.45) is 7.05 Å². The quantitative estimate of drug-likeness (QED) is 0.732. The highest BCUT2D eigenvalue weighted by atomic mass is 16.3. The first-order chi connectivity index (χ1) is 13.9. The Kier molecular flexibility index (Phi) is 6.52. The molecule has 2 heterocycles. The van der Waals surface area contributed by atoms with Crippen molar-refractivity contribution in [2.75, 3.05) is 24.5 Å². The van der Waals surface area contributed by atoms with Gasteiger partial charge in [0.1, 0.15) is 5.82 Å². The number of rotatable bonds is 6. The van der Waals surface area contributed by atoms with Gasteiger partial charge in [0, 0.05) is 38.8 Å². The predicted octanol–water partition coefficient (Wildman–Crippen LogP) is 0.406. The number of aliphatic hydroxyl groups excluding tert-OH is 1. The molecule has 1 saturated heterocycles. The molecule has 8 heteroatoms. The van der Waals surface area contributed by atoms with E-state index in [9.17, 15) is 20.0 Å². The minimum absolute atomic E-state index is 0.164. The first kappa shape index (κ1) is 20.8. The van der Waals surface area contributed by atoms with Gasteiger partial charge < -0.3 is 15.3 Å². The van der Waals surface area contributed by atoms with E-state index in [1.54, 1.807) is 23.6 Å². The van der Waals surface area contributed by atoms with Crippen LogP contribution >= 0.6 is 0 Å². The average Bonchev–Trinajstić information content (AvgIpc) is 2.73. The normalized spacial score (nSPS) is 17.7. The first-order valence-electron chi connectivity index (χ1n) is 9.86. The first-order valence-corrected chi connectivity index (χ1v) is 9.86. The van der Waals surface area contributed by atoms with Gasteiger partial charge in [0.2, 0.25) is 0 Å². The molecule has 2 N–H and O–H groups in total. The van der Waals surface area contributed by atoms with Crippen LogP contribution in [0.2, 0.25) is 0 Å². The zero-order chi connectivity index (χ0) is 21.0. The van der Waals surface area contributed by atoms with Gasteiger partial charge in [-0.1, -0.05) is 18.2 Å². The lowest BCUT2D eigenvalue weighted by atomic mass is 10.1. The lowest BCUT2D eigenvalue weighted by molar-refractivity contribution is 0.184. The molecule has 1 aromatic carbocycles. The van der Waals surface area contributed by atoms with E-state index in [0.29, 0.717) is 24.5 Å². The highest BCUT2D eigenvalue weighted by Gasteiger charge is 2.24. The maximum Gasteiger partial charge on any atom is 0.332 e. The number of piperidine rings is 1. The van der Waals surface area contributed by atoms with E-state index < -0.39 is 11.8 Å². The van der Waals surface area contributed by atoms with Crippen molar-refractivity contribution >= 4 is 5.82 Å². The third-order valence-corrected chi connectivity index (χ3v) is 5.29. The third-order valence-electron chi connectivity index (χ3n) is 5.29. The molecule has 0 saturated carbocycles. The fourth-order valence-electron chi connectivity index (χ4n) is 3.70. The largest absolute Gasteiger partial charge is 0.392 e. The molecule has 1 aromatic heterocycles. The fraction of sp³-hybridized carbons (Fsp3) is 0.476. The Labute approximate surface area is 169 Å². The molecule has 1 fully saturated rings. The van der Waals surface area contributed by atoms with Crippen LogP contribution in [0.5, 0.6) is 0 Å². The Balaban J connectivity index is 1.97. The topological polar surface area (TPSA) is 103 Å². The van der Waals surface area contributed by atoms with E-state index >= 15 is 0 Å². The number of aromatic nitrogens is 2. The van der Waals surface area contributed by atoms with Crippen LogP contribution in [0.4, 0.5) is 5.82 Å². The summed E-state index contributed by atoms with van der Waals surface area (Å²) >= 11 is 0. The zero-order valence-corrected chi connectivity index (χ0v) is 16.8. The highest BCUT2D eigenvalue weighted by Crippen LogP contribution is 2.20. The minimum atomic E-state index is -0.435. The maximum absolute atomic E-state index is 12.9. The zero-order valence-electron chi connectivity index (χ0n) is 16.8. The van der Waals surface area contributed by atoms with Gasteiger partial charge >= 0.3 is 5.69 Å². The number of nitrogens with zero attached hydrogens (tertiary/aromatic N) is 4. The number of hydrogen-bond acceptors (Lipinski definition) is 6. The van der Waals surface area contributed by atoms with Gasteiger partial charge in [0.05, 0.1) is 24.3 Å². The van der Waals surface area contributed by atoms with Crippen molar-refractivity contribution in [1.82, 2.24) is 14.5 Å². The van der Waals surface area contributed by atoms with Gasteiger partial charge in [-0.2, -0.15) is 5.26 Å². The highest BCUT2D eigenvalue weighted by molar-refractivity contribution is 5.42. The Morgan fingerprint density at radius 2 is 2.10 bits per heavy atom. The van der Waals surface area contributed by atoms with Gasteiger partial charge in [-0.3, -0.25) is 13.9 Å². The van der Waals surface area contributed by atoms with E-state index in [-0.39, 0.29) is 18.1 Å². The fourth-order valence-corrected chi connectivity index (χ4v) is 3.70. The molecule has 1 unspecified atom stereocenters. The van der Waals surface area contributed by atoms with Crippen LogP contribution in [0.1, 0.15) is 30.9 Å². The molecule has 0 amide bonds. The van der Waals surface area contributed by atoms with Gasteiger partial charge in [0.15, 0.2) is 0 Å². The van der Waals surface area contributed by atoms with Crippen LogP contribution in [0.25, 0.3) is 0 Å². The molecule has 1 aliphatic heterocycles. The Hall–Kier alpha value is -2.89. The molecule has 0 aliphatic carbocycles. The number of nitrogens with one attached hydrogen (secondary N) is 1. The molecular formula is C21H27N5O3. The number of aliphatic hydroxyl groups is 1. The lowest BCUT2D eigenvalue weighted by Crippen LogP contribution is -2.50. The summed E-state index contributed by atoms with van der Waals surface area (Å²) in [4.78, 5) is 27.3. The van der Waals surface area contributed by atoms with Crippen LogP contribution in [-0.4, -0.2) is 46.0 Å². The number of benzene rings is 1. The number of nitriles is 1. The second-order valence-electron chi connectivity index (χ2n) is 7.58. The maximum atomic E-state index is 12.9. The molecule has 154 valence electrons. The van der Waals surface area contributed by atoms with Crippen molar-refractivity contribution < 1.29 is 5.11 Å². The summed E-state index contributed by atoms with van der Waals surface area (Å²) in [5.41, 5.74) is 0.486. The number of hydrogen-bond donors (Lipinski definition) is 2. The Morgan fingerprint density at radius 3 is 2.83 bits per heavy atom. The molecule has 8 nitrogen and oxygen atoms in total. The second kappa shape index (κ2) is 9.07. The van der Waals surface area contributed by atoms with Gasteiger partial charge in [-0.25, -0.2) is 4.79 Å². The summed E-state index contributed by atoms with van der Waals surface area (Å²) in [6.45, 7) is 3.82. The van der Waals surface area contributed by atoms with Crippen molar-refractivity contribution in [3.05, 3.63) is 62.3 Å². The summed E-state index contributed by atoms with van der Waals surface area (Å²) in [7, 11) is 1.46. The van der Waals surface area contributed by atoms with E-state index in [1.807, 2.05) is 17.0 Å². The minimum Gasteiger partial charge on any atom is -0.392 e. The molecule has 0 radical (unpaired) electrons. The molecule has 2 atom stereocenters. The van der Waals surface area contributed by atoms with Crippen LogP contribution in [-0.2, 0) is 13.6 Å². The molecule has 1 aliphatic rings. The predicted molar refractivity (Wildman–Crippen MR) is 111 cm³/mol. The van der Waals surface area contributed by atoms with E-state index in [4.69, 9.17) is 0 Å². The molecule has 29 heavy (non-hydrogen) atoms.